The molecule has 5 heterocycles. The van der Waals surface area contributed by atoms with E-state index in [0.29, 0.717) is 27.2 Å². The molecule has 0 bridgehead atoms. The predicted octanol–water partition coefficient (Wildman–Crippen LogP) is 5.37. The number of alkyl halides is 3. The monoisotopic (exact) mass is 604 g/mol. The summed E-state index contributed by atoms with van der Waals surface area (Å²) in [7, 11) is 0. The fourth-order valence-electron chi connectivity index (χ4n) is 5.53. The Labute approximate surface area is 251 Å². The van der Waals surface area contributed by atoms with Crippen LogP contribution < -0.4 is 5.32 Å². The van der Waals surface area contributed by atoms with Crippen LogP contribution in [-0.4, -0.2) is 62.3 Å². The highest BCUT2D eigenvalue weighted by Crippen LogP contribution is 2.37. The summed E-state index contributed by atoms with van der Waals surface area (Å²) >= 11 is 0. The molecule has 0 spiro atoms. The van der Waals surface area contributed by atoms with Crippen molar-refractivity contribution >= 4 is 11.2 Å². The quantitative estimate of drug-likeness (QED) is 0.230. The lowest BCUT2D eigenvalue weighted by Crippen LogP contribution is -2.35. The zero-order valence-electron chi connectivity index (χ0n) is 24.1. The van der Waals surface area contributed by atoms with Crippen LogP contribution in [0.4, 0.5) is 18.9 Å². The fourth-order valence-corrected chi connectivity index (χ4v) is 5.53. The summed E-state index contributed by atoms with van der Waals surface area (Å²) < 4.78 is 44.4. The molecule has 228 valence electrons. The van der Waals surface area contributed by atoms with Crippen molar-refractivity contribution in [2.75, 3.05) is 5.32 Å². The molecule has 1 fully saturated rings. The molecule has 44 heavy (non-hydrogen) atoms. The van der Waals surface area contributed by atoms with Crippen LogP contribution in [0.1, 0.15) is 63.1 Å². The minimum absolute atomic E-state index is 0.0891. The van der Waals surface area contributed by atoms with Crippen LogP contribution in [0.2, 0.25) is 0 Å². The molecule has 1 saturated carbocycles. The molecule has 1 aliphatic carbocycles. The van der Waals surface area contributed by atoms with E-state index in [9.17, 15) is 23.5 Å². The summed E-state index contributed by atoms with van der Waals surface area (Å²) in [6.45, 7) is -0.0165. The number of anilines is 1. The van der Waals surface area contributed by atoms with Crippen molar-refractivity contribution in [1.82, 2.24) is 39.4 Å². The van der Waals surface area contributed by atoms with Gasteiger partial charge in [0.15, 0.2) is 0 Å². The van der Waals surface area contributed by atoms with Crippen LogP contribution in [0.5, 0.6) is 0 Å². The van der Waals surface area contributed by atoms with Gasteiger partial charge in [-0.15, -0.1) is 5.10 Å². The van der Waals surface area contributed by atoms with Gasteiger partial charge in [-0.3, -0.25) is 4.98 Å². The Kier molecular flexibility index (Phi) is 7.81. The lowest BCUT2D eigenvalue weighted by atomic mass is 9.83. The molecule has 11 nitrogen and oxygen atoms in total. The summed E-state index contributed by atoms with van der Waals surface area (Å²) in [6, 6.07) is 9.59. The molecule has 14 heteroatoms. The maximum atomic E-state index is 14.5. The van der Waals surface area contributed by atoms with Crippen molar-refractivity contribution in [2.24, 2.45) is 0 Å². The molecule has 0 unspecified atom stereocenters. The molecule has 0 aliphatic heterocycles. The third-order valence-corrected chi connectivity index (χ3v) is 8.10. The minimum atomic E-state index is -2.66. The summed E-state index contributed by atoms with van der Waals surface area (Å²) in [5.74, 6) is 0.147. The van der Waals surface area contributed by atoms with E-state index in [4.69, 9.17) is 4.98 Å². The van der Waals surface area contributed by atoms with Gasteiger partial charge in [0.1, 0.15) is 17.9 Å². The molecule has 0 radical (unpaired) electrons. The number of nitrogens with zero attached hydrogens (tertiary/aromatic N) is 9. The fraction of sp³-hybridized carbons (Fsp3) is 0.400. The summed E-state index contributed by atoms with van der Waals surface area (Å²) in [5.41, 5.74) is 3.76. The van der Waals surface area contributed by atoms with Crippen LogP contribution in [0.3, 0.4) is 0 Å². The third kappa shape index (κ3) is 6.00. The number of nitrogens with one attached hydrogen (secondary N) is 1. The van der Waals surface area contributed by atoms with E-state index in [1.165, 1.54) is 37.1 Å². The van der Waals surface area contributed by atoms with Gasteiger partial charge in [0.25, 0.3) is 0 Å². The first kappa shape index (κ1) is 29.3. The van der Waals surface area contributed by atoms with E-state index in [2.05, 4.69) is 31.9 Å². The van der Waals surface area contributed by atoms with E-state index >= 15 is 0 Å². The molecule has 0 aromatic carbocycles. The van der Waals surface area contributed by atoms with Crippen LogP contribution in [0.15, 0.2) is 55.2 Å². The summed E-state index contributed by atoms with van der Waals surface area (Å²) in [4.78, 5) is 4.69. The van der Waals surface area contributed by atoms with Crippen LogP contribution >= 0.6 is 0 Å². The maximum Gasteiger partial charge on any atom is 0.333 e. The first-order chi connectivity index (χ1) is 21.1. The normalized spacial score (nSPS) is 18.0. The van der Waals surface area contributed by atoms with Gasteiger partial charge >= 0.3 is 6.55 Å². The van der Waals surface area contributed by atoms with Crippen LogP contribution in [0, 0.1) is 11.3 Å². The molecule has 5 aromatic rings. The predicted molar refractivity (Wildman–Crippen MR) is 155 cm³/mol. The van der Waals surface area contributed by atoms with Gasteiger partial charge < -0.3 is 10.4 Å². The number of aromatic nitrogens is 8. The van der Waals surface area contributed by atoms with Gasteiger partial charge in [0.2, 0.25) is 0 Å². The van der Waals surface area contributed by atoms with E-state index < -0.39 is 18.3 Å². The highest BCUT2D eigenvalue weighted by molar-refractivity contribution is 5.79. The van der Waals surface area contributed by atoms with Crippen molar-refractivity contribution < 1.29 is 18.3 Å². The molecular formula is C30H31F3N10O. The number of hydrogen-bond donors (Lipinski definition) is 2. The molecule has 0 saturated heterocycles. The molecule has 5 aromatic heterocycles. The average molecular weight is 605 g/mol. The average Bonchev–Trinajstić information content (AvgIpc) is 3.77. The topological polar surface area (TPSA) is 135 Å². The standard InChI is InChI=1S/C30H31F3N10O/c1-30(2,44)28(31)17-41-16-26(39-40-41)23-14-35-25(27-8-7-22-9-18(11-34)12-37-43(22)27)10-24(23)38-21-5-3-19(4-6-21)20-13-36-42(15-20)29(32)33/h7-10,12-16,19,21,28-29,44H,3-6,17H2,1-2H3,(H,35,38)/t19?,21?,28-/m1/s1. The molecule has 1 aliphatic rings. The molecule has 2 N–H and O–H groups in total. The van der Waals surface area contributed by atoms with E-state index in [0.717, 1.165) is 48.1 Å². The lowest BCUT2D eigenvalue weighted by Gasteiger charge is -2.30. The second-order valence-electron chi connectivity index (χ2n) is 11.7. The van der Waals surface area contributed by atoms with E-state index in [-0.39, 0.29) is 18.5 Å². The number of pyridine rings is 1. The number of rotatable bonds is 9. The Morgan fingerprint density at radius 2 is 1.84 bits per heavy atom. The Balaban J connectivity index is 1.28. The Hall–Kier alpha value is -4.77. The number of fused-ring (bicyclic) bond motifs is 1. The number of aliphatic hydroxyl groups is 1. The largest absolute Gasteiger partial charge is 0.387 e. The summed E-state index contributed by atoms with van der Waals surface area (Å²) in [5, 5.41) is 39.5. The minimum Gasteiger partial charge on any atom is -0.387 e. The van der Waals surface area contributed by atoms with Crippen molar-refractivity contribution in [3.8, 4) is 28.7 Å². The first-order valence-electron chi connectivity index (χ1n) is 14.3. The van der Waals surface area contributed by atoms with Gasteiger partial charge in [-0.1, -0.05) is 5.21 Å². The van der Waals surface area contributed by atoms with Crippen molar-refractivity contribution in [2.45, 2.75) is 76.4 Å². The zero-order chi connectivity index (χ0) is 31.0. The van der Waals surface area contributed by atoms with Gasteiger partial charge in [0, 0.05) is 29.7 Å². The Morgan fingerprint density at radius 3 is 2.55 bits per heavy atom. The zero-order valence-corrected chi connectivity index (χ0v) is 24.1. The van der Waals surface area contributed by atoms with Gasteiger partial charge in [-0.05, 0) is 75.3 Å². The molecular weight excluding hydrogens is 573 g/mol. The summed E-state index contributed by atoms with van der Waals surface area (Å²) in [6.07, 6.45) is 9.42. The lowest BCUT2D eigenvalue weighted by molar-refractivity contribution is -0.0120. The molecule has 0 amide bonds. The highest BCUT2D eigenvalue weighted by Gasteiger charge is 2.28. The second kappa shape index (κ2) is 11.7. The molecule has 6 rings (SSSR count). The Morgan fingerprint density at radius 1 is 1.05 bits per heavy atom. The number of halogens is 3. The smallest absolute Gasteiger partial charge is 0.333 e. The van der Waals surface area contributed by atoms with Crippen LogP contribution in [0.25, 0.3) is 28.2 Å². The van der Waals surface area contributed by atoms with Gasteiger partial charge in [-0.25, -0.2) is 18.3 Å². The van der Waals surface area contributed by atoms with Gasteiger partial charge in [0.05, 0.1) is 53.2 Å². The van der Waals surface area contributed by atoms with Crippen molar-refractivity contribution in [3.63, 3.8) is 0 Å². The SMILES string of the molecule is CC(C)(O)[C@H](F)Cn1cc(-c2cnc(-c3ccc4cc(C#N)cnn34)cc2NC2CCC(c3cnn(C(F)F)c3)CC2)nn1. The highest BCUT2D eigenvalue weighted by atomic mass is 19.3. The van der Waals surface area contributed by atoms with Crippen LogP contribution in [-0.2, 0) is 6.54 Å². The Bertz CT molecular complexity index is 1810. The van der Waals surface area contributed by atoms with Crippen molar-refractivity contribution in [1.29, 1.82) is 5.26 Å². The third-order valence-electron chi connectivity index (χ3n) is 8.10. The number of hydrogen-bond acceptors (Lipinski definition) is 8. The maximum absolute atomic E-state index is 14.5. The van der Waals surface area contributed by atoms with Crippen molar-refractivity contribution in [3.05, 3.63) is 66.4 Å². The molecule has 1 atom stereocenters. The van der Waals surface area contributed by atoms with Gasteiger partial charge in [-0.2, -0.15) is 24.2 Å². The first-order valence-corrected chi connectivity index (χ1v) is 14.3. The number of nitriles is 1. The van der Waals surface area contributed by atoms with E-state index in [1.807, 2.05) is 18.2 Å². The second-order valence-corrected chi connectivity index (χ2v) is 11.7. The van der Waals surface area contributed by atoms with E-state index in [1.54, 1.807) is 23.0 Å².